The lowest BCUT2D eigenvalue weighted by molar-refractivity contribution is 0.0796. The summed E-state index contributed by atoms with van der Waals surface area (Å²) in [6.45, 7) is 17.0. The van der Waals surface area contributed by atoms with Crippen LogP contribution in [0.5, 0.6) is 138 Å². The zero-order chi connectivity index (χ0) is 75.3. The molecule has 0 N–H and O–H groups in total. The van der Waals surface area contributed by atoms with Gasteiger partial charge in [0, 0.05) is 136 Å². The van der Waals surface area contributed by atoms with Crippen LogP contribution in [0.2, 0.25) is 0 Å². The maximum Gasteiger partial charge on any atom is 0.231 e. The summed E-state index contributed by atoms with van der Waals surface area (Å²) in [7, 11) is 0. The smallest absolute Gasteiger partial charge is 0.231 e. The van der Waals surface area contributed by atoms with Crippen molar-refractivity contribution in [2.24, 2.45) is 0 Å². The Labute approximate surface area is 647 Å². The lowest BCUT2D eigenvalue weighted by Gasteiger charge is -2.35. The Bertz CT molecular complexity index is 4000. The molecule has 15 aliphatic rings. The summed E-state index contributed by atoms with van der Waals surface area (Å²) in [5.41, 5.74) is 13.3. The molecule has 0 amide bonds. The summed E-state index contributed by atoms with van der Waals surface area (Å²) < 4.78 is 170. The molecule has 0 fully saturated rings. The normalized spacial score (nSPS) is 23.5. The molecule has 38 bridgehead atoms. The molecular formula is C88H88O24. The highest BCUT2D eigenvalue weighted by atomic mass is 16.7. The Morgan fingerprint density at radius 3 is 0.312 bits per heavy atom. The first-order valence-electron chi connectivity index (χ1n) is 39.7. The minimum atomic E-state index is -0.457. The lowest BCUT2D eigenvalue weighted by Crippen LogP contribution is -2.24. The van der Waals surface area contributed by atoms with E-state index < -0.39 is 47.3 Å². The molecule has 0 spiro atoms. The van der Waals surface area contributed by atoms with Crippen molar-refractivity contribution in [3.8, 4) is 138 Å². The van der Waals surface area contributed by atoms with Crippen LogP contribution >= 0.6 is 0 Å². The number of fused-ring (bicyclic) bond motifs is 8. The maximum atomic E-state index is 7.26. The Kier molecular flexibility index (Phi) is 16.9. The van der Waals surface area contributed by atoms with Crippen LogP contribution in [0.4, 0.5) is 0 Å². The zero-order valence-electron chi connectivity index (χ0n) is 64.0. The van der Waals surface area contributed by atoms with Crippen LogP contribution < -0.4 is 114 Å². The number of hydrogen-bond acceptors (Lipinski definition) is 24. The molecule has 112 heavy (non-hydrogen) atoms. The van der Waals surface area contributed by atoms with E-state index in [9.17, 15) is 0 Å². The first-order chi connectivity index (χ1) is 54.9. The van der Waals surface area contributed by atoms with Crippen molar-refractivity contribution in [1.29, 1.82) is 0 Å². The van der Waals surface area contributed by atoms with Crippen LogP contribution in [-0.2, 0) is 0 Å². The minimum absolute atomic E-state index is 0.212. The molecular weight excluding hydrogens is 1440 g/mol. The third kappa shape index (κ3) is 10.8. The summed E-state index contributed by atoms with van der Waals surface area (Å²) in [5, 5.41) is 0. The SMILES string of the molecule is CC1c2cc3c4c5c2OCOc2c1cc1c6c2OCCCCOc2c7c8cc9c2OCOc2c(cc%10c%11c2OCCCCOc2c(c(cc%12c2OCOc2c(cc(c(c2OCCCCOc2c%13c(cc(c2OCO%11)C%10C)C(C)c2cc(c(c(c2OCO%13)OCCCCO5)OCO7)C8C)OCO4)C3C)C%12C)C1C)OCO6)C9C. The van der Waals surface area contributed by atoms with Crippen LogP contribution in [0.15, 0.2) is 48.5 Å². The van der Waals surface area contributed by atoms with Crippen molar-refractivity contribution in [1.82, 2.24) is 0 Å². The molecule has 8 aromatic carbocycles. The van der Waals surface area contributed by atoms with E-state index in [1.807, 2.05) is 0 Å². The predicted molar refractivity (Wildman–Crippen MR) is 402 cm³/mol. The largest absolute Gasteiger partial charge is 0.486 e. The topological polar surface area (TPSA) is 222 Å². The van der Waals surface area contributed by atoms with Crippen molar-refractivity contribution in [3.63, 3.8) is 0 Å². The average Bonchev–Trinajstić information content (AvgIpc) is 0.726. The van der Waals surface area contributed by atoms with Gasteiger partial charge in [0.2, 0.25) is 100 Å². The predicted octanol–water partition coefficient (Wildman–Crippen LogP) is 17.2. The molecule has 24 nitrogen and oxygen atoms in total. The fourth-order valence-electron chi connectivity index (χ4n) is 18.6. The molecule has 15 heterocycles. The fourth-order valence-corrected chi connectivity index (χ4v) is 18.6. The minimum Gasteiger partial charge on any atom is -0.486 e. The van der Waals surface area contributed by atoms with Crippen molar-refractivity contribution < 1.29 is 114 Å². The Balaban J connectivity index is 0.861. The van der Waals surface area contributed by atoms with Gasteiger partial charge in [-0.2, -0.15) is 0 Å². The van der Waals surface area contributed by atoms with E-state index in [1.165, 1.54) is 0 Å². The molecule has 0 aromatic heterocycles. The van der Waals surface area contributed by atoms with Crippen LogP contribution in [0.1, 0.15) is 243 Å². The van der Waals surface area contributed by atoms with Gasteiger partial charge in [0.25, 0.3) is 0 Å². The van der Waals surface area contributed by atoms with E-state index in [0.29, 0.717) is 189 Å². The number of rotatable bonds is 0. The van der Waals surface area contributed by atoms with Crippen LogP contribution in [-0.4, -0.2) is 107 Å². The third-order valence-corrected chi connectivity index (χ3v) is 24.8. The molecule has 15 aliphatic heterocycles. The first-order valence-corrected chi connectivity index (χ1v) is 39.7. The number of benzene rings is 8. The lowest BCUT2D eigenvalue weighted by atomic mass is 9.79. The third-order valence-electron chi connectivity index (χ3n) is 24.8. The van der Waals surface area contributed by atoms with E-state index in [4.69, 9.17) is 114 Å². The van der Waals surface area contributed by atoms with E-state index in [-0.39, 0.29) is 107 Å². The summed E-state index contributed by atoms with van der Waals surface area (Å²) >= 11 is 0. The van der Waals surface area contributed by atoms with Gasteiger partial charge < -0.3 is 114 Å². The Morgan fingerprint density at radius 2 is 0.223 bits per heavy atom. The summed E-state index contributed by atoms with van der Waals surface area (Å²) in [6.07, 6.45) is 4.10. The van der Waals surface area contributed by atoms with Crippen molar-refractivity contribution in [2.45, 2.75) is 154 Å². The molecule has 584 valence electrons. The summed E-state index contributed by atoms with van der Waals surface area (Å²) in [6, 6.07) is 17.6. The highest BCUT2D eigenvalue weighted by molar-refractivity contribution is 5.77. The van der Waals surface area contributed by atoms with Gasteiger partial charge in [-0.25, -0.2) is 0 Å². The van der Waals surface area contributed by atoms with Gasteiger partial charge in [-0.15, -0.1) is 0 Å². The van der Waals surface area contributed by atoms with E-state index in [1.54, 1.807) is 0 Å². The second-order valence-corrected chi connectivity index (χ2v) is 31.0. The van der Waals surface area contributed by atoms with Gasteiger partial charge in [0.05, 0.1) is 52.9 Å². The fraction of sp³-hybridized carbons (Fsp3) is 0.455. The summed E-state index contributed by atoms with van der Waals surface area (Å²) in [4.78, 5) is 0. The number of hydrogen-bond donors (Lipinski definition) is 0. The van der Waals surface area contributed by atoms with E-state index >= 15 is 0 Å². The molecule has 23 rings (SSSR count). The molecule has 0 unspecified atom stereocenters. The molecule has 0 aliphatic carbocycles. The van der Waals surface area contributed by atoms with Gasteiger partial charge in [0.1, 0.15) is 0 Å². The summed E-state index contributed by atoms with van der Waals surface area (Å²) in [5.74, 6) is 7.04. The second-order valence-electron chi connectivity index (χ2n) is 31.0. The molecule has 24 heteroatoms. The van der Waals surface area contributed by atoms with Gasteiger partial charge in [-0.1, -0.05) is 55.4 Å². The van der Waals surface area contributed by atoms with Crippen molar-refractivity contribution in [2.75, 3.05) is 107 Å². The standard InChI is InChI=1S/C88H88O24/c1-41-49-25-51-42(2)53-27-55-44(4)56-28-54-43(3)52-26-50(41)66-82-68(52)100-35-102-70(54)84-72(56)104-36-103-71(55)83-69(53)101-34-99-67(51)81(65(49)97-33-98-66)89-17-9-11-19-93-85-73-57-29-59-46(6)61-31-63-48(8)64-32-62-47(7)60-30-58(45(57)5)74(106-37-105-73)86(94-20-12-10-18-90-82)76(60)108-39-110-78(62)88(96-24-16-14-22-92-84)80(64)112-40-111-79(63)87(95-23-15-13-21-91-83)77(61)109-38-107-75(59)85/h25-32,41-48H,9-24,33-40H2,1-8H3. The van der Waals surface area contributed by atoms with Crippen molar-refractivity contribution >= 4 is 0 Å². The van der Waals surface area contributed by atoms with Gasteiger partial charge in [0.15, 0.2) is 92.0 Å². The van der Waals surface area contributed by atoms with Gasteiger partial charge >= 0.3 is 0 Å². The zero-order valence-corrected chi connectivity index (χ0v) is 64.0. The second kappa shape index (κ2) is 27.4. The molecule has 8 aromatic rings. The molecule has 0 radical (unpaired) electrons. The van der Waals surface area contributed by atoms with Crippen LogP contribution in [0, 0.1) is 0 Å². The van der Waals surface area contributed by atoms with Gasteiger partial charge in [-0.05, 0) is 99.9 Å². The maximum absolute atomic E-state index is 7.26. The van der Waals surface area contributed by atoms with Crippen molar-refractivity contribution in [3.05, 3.63) is 138 Å². The molecule has 0 saturated carbocycles. The van der Waals surface area contributed by atoms with Gasteiger partial charge in [-0.3, -0.25) is 0 Å². The van der Waals surface area contributed by atoms with Crippen LogP contribution in [0.3, 0.4) is 0 Å². The Morgan fingerprint density at radius 1 is 0.134 bits per heavy atom. The quantitative estimate of drug-likeness (QED) is 0.138. The molecule has 0 saturated heterocycles. The first kappa shape index (κ1) is 68.9. The van der Waals surface area contributed by atoms with Crippen LogP contribution in [0.25, 0.3) is 0 Å². The monoisotopic (exact) mass is 1530 g/mol. The van der Waals surface area contributed by atoms with E-state index in [0.717, 1.165) is 89.0 Å². The average molecular weight is 1530 g/mol. The highest BCUT2D eigenvalue weighted by Crippen LogP contribution is 2.65. The molecule has 0 atom stereocenters. The Hall–Kier alpha value is -11.0. The number of ether oxygens (including phenoxy) is 24. The van der Waals surface area contributed by atoms with E-state index in [2.05, 4.69) is 104 Å². The highest BCUT2D eigenvalue weighted by Gasteiger charge is 2.45.